The molecule has 1 unspecified atom stereocenters. The number of hydrogen-bond acceptors (Lipinski definition) is 2. The van der Waals surface area contributed by atoms with Gasteiger partial charge in [-0.25, -0.2) is 9.43 Å². The molecule has 1 atom stereocenters. The van der Waals surface area contributed by atoms with Crippen molar-refractivity contribution in [1.29, 1.82) is 0 Å². The van der Waals surface area contributed by atoms with Gasteiger partial charge in [-0.1, -0.05) is 48.5 Å². The lowest BCUT2D eigenvalue weighted by Gasteiger charge is -2.32. The first-order valence-corrected chi connectivity index (χ1v) is 12.9. The summed E-state index contributed by atoms with van der Waals surface area (Å²) in [4.78, 5) is 0. The van der Waals surface area contributed by atoms with Crippen molar-refractivity contribution >= 4 is 46.1 Å². The molecule has 1 heterocycles. The molecule has 158 valence electrons. The van der Waals surface area contributed by atoms with Gasteiger partial charge in [0.25, 0.3) is 0 Å². The van der Waals surface area contributed by atoms with E-state index in [1.54, 1.807) is 0 Å². The van der Waals surface area contributed by atoms with Gasteiger partial charge in [-0.15, -0.1) is 0 Å². The Morgan fingerprint density at radius 3 is 2.00 bits per heavy atom. The van der Waals surface area contributed by atoms with E-state index in [0.29, 0.717) is 0 Å². The van der Waals surface area contributed by atoms with E-state index < -0.39 is 7.21 Å². The lowest BCUT2D eigenvalue weighted by Crippen LogP contribution is -2.29. The van der Waals surface area contributed by atoms with Crippen LogP contribution in [0.1, 0.15) is 11.4 Å². The smallest absolute Gasteiger partial charge is 0.0981 e. The molecular formula is C25H26IN4P. The summed E-state index contributed by atoms with van der Waals surface area (Å²) in [5.41, 5.74) is 4.19. The van der Waals surface area contributed by atoms with Crippen LogP contribution >= 0.6 is 29.8 Å². The summed E-state index contributed by atoms with van der Waals surface area (Å²) in [6.07, 6.45) is 0. The molecule has 0 amide bonds. The molecule has 0 saturated heterocycles. The second kappa shape index (κ2) is 9.11. The highest BCUT2D eigenvalue weighted by molar-refractivity contribution is 14.1. The number of halogens is 1. The number of rotatable bonds is 5. The monoisotopic (exact) mass is 540 g/mol. The fraction of sp³-hybridized carbons (Fsp3) is 0.160. The second-order valence-electron chi connectivity index (χ2n) is 7.63. The van der Waals surface area contributed by atoms with Crippen LogP contribution in [0.4, 0.5) is 5.69 Å². The van der Waals surface area contributed by atoms with Crippen LogP contribution in [0.25, 0.3) is 5.69 Å². The average Bonchev–Trinajstić information content (AvgIpc) is 3.09. The van der Waals surface area contributed by atoms with Crippen molar-refractivity contribution in [2.24, 2.45) is 4.74 Å². The van der Waals surface area contributed by atoms with Gasteiger partial charge in [0.1, 0.15) is 0 Å². The normalized spacial score (nSPS) is 13.2. The Morgan fingerprint density at radius 2 is 1.42 bits per heavy atom. The van der Waals surface area contributed by atoms with E-state index in [1.165, 1.54) is 14.2 Å². The molecule has 0 bridgehead atoms. The molecule has 1 aromatic heterocycles. The number of aryl methyl sites for hydroxylation is 1. The molecular weight excluding hydrogens is 514 g/mol. The molecule has 4 nitrogen and oxygen atoms in total. The van der Waals surface area contributed by atoms with Crippen LogP contribution in [0.15, 0.2) is 89.7 Å². The van der Waals surface area contributed by atoms with Crippen LogP contribution in [0, 0.1) is 17.4 Å². The molecule has 6 heteroatoms. The molecule has 0 fully saturated rings. The number of hydrogen-bond donors (Lipinski definition) is 0. The summed E-state index contributed by atoms with van der Waals surface area (Å²) in [5.74, 6) is 0. The van der Waals surface area contributed by atoms with E-state index in [1.807, 2.05) is 18.2 Å². The van der Waals surface area contributed by atoms with Crippen LogP contribution in [-0.4, -0.2) is 28.5 Å². The highest BCUT2D eigenvalue weighted by atomic mass is 127. The summed E-state index contributed by atoms with van der Waals surface area (Å²) >= 11 is 2.33. The first-order valence-electron chi connectivity index (χ1n) is 10.2. The number of aromatic nitrogens is 2. The Balaban J connectivity index is 2.07. The molecule has 4 rings (SSSR count). The zero-order chi connectivity index (χ0) is 22.0. The van der Waals surface area contributed by atoms with E-state index in [0.717, 1.165) is 22.8 Å². The second-order valence-corrected chi connectivity index (χ2v) is 12.0. The topological polar surface area (TPSA) is 33.4 Å². The molecule has 31 heavy (non-hydrogen) atoms. The maximum absolute atomic E-state index is 5.48. The van der Waals surface area contributed by atoms with E-state index in [9.17, 15) is 0 Å². The Morgan fingerprint density at radius 1 is 0.839 bits per heavy atom. The fourth-order valence-corrected chi connectivity index (χ4v) is 7.95. The van der Waals surface area contributed by atoms with E-state index in [-0.39, 0.29) is 0 Å². The van der Waals surface area contributed by atoms with Gasteiger partial charge in [0.2, 0.25) is 0 Å². The third kappa shape index (κ3) is 4.14. The van der Waals surface area contributed by atoms with Crippen LogP contribution in [0.3, 0.4) is 0 Å². The number of benzene rings is 3. The third-order valence-corrected chi connectivity index (χ3v) is 10.0. The Kier molecular flexibility index (Phi) is 6.47. The van der Waals surface area contributed by atoms with Crippen LogP contribution in [0.5, 0.6) is 0 Å². The standard InChI is InChI=1S/C25H26IN4P/c1-19-25(20(2)30(27-19)23-11-7-5-8-12-23)31(29(3)4,24-13-9-6-10-14-24)28-22-17-15-21(26)16-18-22/h5-18H,1-4H3. The Hall–Kier alpha value is -2.21. The van der Waals surface area contributed by atoms with Crippen molar-refractivity contribution < 1.29 is 0 Å². The zero-order valence-corrected chi connectivity index (χ0v) is 21.2. The van der Waals surface area contributed by atoms with Crippen LogP contribution in [-0.2, 0) is 0 Å². The maximum atomic E-state index is 5.48. The summed E-state index contributed by atoms with van der Waals surface area (Å²) in [6, 6.07) is 29.4. The average molecular weight is 540 g/mol. The third-order valence-electron chi connectivity index (χ3n) is 5.35. The summed E-state index contributed by atoms with van der Waals surface area (Å²) in [7, 11) is 1.96. The number of para-hydroxylation sites is 1. The zero-order valence-electron chi connectivity index (χ0n) is 18.2. The predicted molar refractivity (Wildman–Crippen MR) is 141 cm³/mol. The molecule has 3 aromatic carbocycles. The molecule has 0 spiro atoms. The van der Waals surface area contributed by atoms with Crippen molar-refractivity contribution in [3.63, 3.8) is 0 Å². The Bertz CT molecular complexity index is 1230. The van der Waals surface area contributed by atoms with Gasteiger partial charge in [0.15, 0.2) is 0 Å². The van der Waals surface area contributed by atoms with E-state index in [4.69, 9.17) is 9.84 Å². The van der Waals surface area contributed by atoms with Gasteiger partial charge >= 0.3 is 0 Å². The van der Waals surface area contributed by atoms with Crippen molar-refractivity contribution in [2.45, 2.75) is 13.8 Å². The molecule has 0 aliphatic heterocycles. The van der Waals surface area contributed by atoms with Crippen molar-refractivity contribution in [1.82, 2.24) is 14.5 Å². The lowest BCUT2D eigenvalue weighted by atomic mass is 10.3. The quantitative estimate of drug-likeness (QED) is 0.228. The van der Waals surface area contributed by atoms with Gasteiger partial charge < -0.3 is 0 Å². The summed E-state index contributed by atoms with van der Waals surface area (Å²) in [5, 5.41) is 7.40. The highest BCUT2D eigenvalue weighted by Gasteiger charge is 2.34. The molecule has 0 aliphatic rings. The van der Waals surface area contributed by atoms with Crippen LogP contribution in [0.2, 0.25) is 0 Å². The minimum Gasteiger partial charge on any atom is -0.268 e. The maximum Gasteiger partial charge on any atom is 0.0981 e. The summed E-state index contributed by atoms with van der Waals surface area (Å²) < 4.78 is 11.0. The van der Waals surface area contributed by atoms with Gasteiger partial charge in [-0.05, 0) is 86.9 Å². The van der Waals surface area contributed by atoms with E-state index >= 15 is 0 Å². The van der Waals surface area contributed by atoms with E-state index in [2.05, 4.69) is 127 Å². The molecule has 0 radical (unpaired) electrons. The van der Waals surface area contributed by atoms with Crippen molar-refractivity contribution in [2.75, 3.05) is 14.1 Å². The fourth-order valence-electron chi connectivity index (χ4n) is 3.97. The van der Waals surface area contributed by atoms with Crippen LogP contribution < -0.4 is 10.6 Å². The van der Waals surface area contributed by atoms with Gasteiger partial charge in [-0.3, -0.25) is 4.67 Å². The molecule has 4 aromatic rings. The van der Waals surface area contributed by atoms with Gasteiger partial charge in [-0.2, -0.15) is 5.10 Å². The molecule has 0 saturated carbocycles. The molecule has 0 N–H and O–H groups in total. The highest BCUT2D eigenvalue weighted by Crippen LogP contribution is 2.53. The largest absolute Gasteiger partial charge is 0.268 e. The minimum atomic E-state index is -2.31. The minimum absolute atomic E-state index is 0.984. The summed E-state index contributed by atoms with van der Waals surface area (Å²) in [6.45, 7) is 4.26. The first-order chi connectivity index (χ1) is 14.9. The number of nitrogens with zero attached hydrogens (tertiary/aromatic N) is 4. The van der Waals surface area contributed by atoms with Gasteiger partial charge in [0.05, 0.1) is 35.3 Å². The Labute approximate surface area is 198 Å². The predicted octanol–water partition coefficient (Wildman–Crippen LogP) is 6.05. The van der Waals surface area contributed by atoms with Gasteiger partial charge in [0, 0.05) is 8.87 Å². The van der Waals surface area contributed by atoms with Crippen molar-refractivity contribution in [3.05, 3.63) is 99.9 Å². The SMILES string of the molecule is Cc1nn(-c2ccccc2)c(C)c1P(=Nc1ccc(I)cc1)(c1ccccc1)N(C)C. The lowest BCUT2D eigenvalue weighted by molar-refractivity contribution is 0.681. The first kappa shape index (κ1) is 22.0. The molecule has 0 aliphatic carbocycles. The van der Waals surface area contributed by atoms with Crippen molar-refractivity contribution in [3.8, 4) is 5.69 Å².